The maximum Gasteiger partial charge on any atom is 0.317 e. The smallest absolute Gasteiger partial charge is 0.317 e. The normalized spacial score (nSPS) is 14.0. The van der Waals surface area contributed by atoms with Crippen molar-refractivity contribution in [3.05, 3.63) is 32.5 Å². The number of hydrogen-bond acceptors (Lipinski definition) is 4. The Morgan fingerprint density at radius 1 is 1.28 bits per heavy atom. The molecule has 25 heavy (non-hydrogen) atoms. The topological polar surface area (TPSA) is 63.1 Å². The number of rotatable bonds is 6. The first kappa shape index (κ1) is 17.9. The Hall–Kier alpha value is -1.89. The van der Waals surface area contributed by atoms with Gasteiger partial charge in [-0.1, -0.05) is 0 Å². The van der Waals surface area contributed by atoms with Gasteiger partial charge in [0.25, 0.3) is 0 Å². The first-order valence-corrected chi connectivity index (χ1v) is 9.65. The number of amides is 2. The minimum absolute atomic E-state index is 0.0233. The summed E-state index contributed by atoms with van der Waals surface area (Å²) in [6, 6.07) is 0.388. The van der Waals surface area contributed by atoms with Gasteiger partial charge in [0, 0.05) is 42.2 Å². The lowest BCUT2D eigenvalue weighted by molar-refractivity contribution is 0.192. The van der Waals surface area contributed by atoms with Gasteiger partial charge in [0.15, 0.2) is 0 Å². The maximum absolute atomic E-state index is 12.7. The SMILES string of the molecule is Cc1nc(CCNC(=O)N(Cc2c(C)nn(C)c2C)C2CC2)sc1C. The van der Waals surface area contributed by atoms with Crippen molar-refractivity contribution in [2.24, 2.45) is 7.05 Å². The molecule has 0 aliphatic heterocycles. The van der Waals surface area contributed by atoms with Gasteiger partial charge in [-0.15, -0.1) is 11.3 Å². The van der Waals surface area contributed by atoms with Crippen LogP contribution >= 0.6 is 11.3 Å². The molecule has 1 saturated carbocycles. The molecule has 0 radical (unpaired) electrons. The van der Waals surface area contributed by atoms with Crippen molar-refractivity contribution in [3.8, 4) is 0 Å². The minimum atomic E-state index is 0.0233. The molecular formula is C18H27N5OS. The summed E-state index contributed by atoms with van der Waals surface area (Å²) < 4.78 is 1.89. The van der Waals surface area contributed by atoms with E-state index in [9.17, 15) is 4.79 Å². The average Bonchev–Trinajstić information content (AvgIpc) is 3.29. The fourth-order valence-electron chi connectivity index (χ4n) is 2.99. The largest absolute Gasteiger partial charge is 0.338 e. The Morgan fingerprint density at radius 2 is 2.00 bits per heavy atom. The Labute approximate surface area is 153 Å². The molecule has 1 fully saturated rings. The maximum atomic E-state index is 12.7. The zero-order valence-corrected chi connectivity index (χ0v) is 16.5. The molecule has 2 aromatic rings. The second-order valence-electron chi connectivity index (χ2n) is 6.86. The number of nitrogens with one attached hydrogen (secondary N) is 1. The third kappa shape index (κ3) is 4.03. The molecule has 136 valence electrons. The summed E-state index contributed by atoms with van der Waals surface area (Å²) in [4.78, 5) is 20.4. The van der Waals surface area contributed by atoms with Gasteiger partial charge in [-0.25, -0.2) is 9.78 Å². The number of aryl methyl sites for hydroxylation is 4. The number of carbonyl (C=O) groups is 1. The predicted octanol–water partition coefficient (Wildman–Crippen LogP) is 3.03. The molecule has 6 nitrogen and oxygen atoms in total. The van der Waals surface area contributed by atoms with E-state index < -0.39 is 0 Å². The van der Waals surface area contributed by atoms with E-state index in [0.717, 1.165) is 46.9 Å². The Balaban J connectivity index is 1.59. The highest BCUT2D eigenvalue weighted by atomic mass is 32.1. The second kappa shape index (κ2) is 7.15. The molecule has 2 aromatic heterocycles. The highest BCUT2D eigenvalue weighted by molar-refractivity contribution is 7.11. The van der Waals surface area contributed by atoms with Crippen molar-refractivity contribution in [1.29, 1.82) is 0 Å². The molecule has 2 heterocycles. The monoisotopic (exact) mass is 361 g/mol. The Kier molecular flexibility index (Phi) is 5.13. The molecule has 7 heteroatoms. The molecule has 2 amide bonds. The van der Waals surface area contributed by atoms with E-state index in [2.05, 4.69) is 29.2 Å². The standard InChI is InChI=1S/C18H27N5OS/c1-11-14(4)25-17(20-11)8-9-19-18(24)23(15-6-7-15)10-16-12(2)21-22(5)13(16)3/h15H,6-10H2,1-5H3,(H,19,24). The minimum Gasteiger partial charge on any atom is -0.338 e. The number of urea groups is 1. The van der Waals surface area contributed by atoms with E-state index in [0.29, 0.717) is 19.1 Å². The second-order valence-corrected chi connectivity index (χ2v) is 8.15. The lowest BCUT2D eigenvalue weighted by atomic mass is 10.2. The van der Waals surface area contributed by atoms with E-state index >= 15 is 0 Å². The van der Waals surface area contributed by atoms with Crippen LogP contribution in [0.3, 0.4) is 0 Å². The van der Waals surface area contributed by atoms with E-state index in [1.165, 1.54) is 4.88 Å². The number of carbonyl (C=O) groups excluding carboxylic acids is 1. The lowest BCUT2D eigenvalue weighted by Gasteiger charge is -2.23. The summed E-state index contributed by atoms with van der Waals surface area (Å²) in [6.45, 7) is 9.45. The van der Waals surface area contributed by atoms with Gasteiger partial charge in [0.2, 0.25) is 0 Å². The van der Waals surface area contributed by atoms with Crippen molar-refractivity contribution in [1.82, 2.24) is 25.0 Å². The molecule has 0 saturated heterocycles. The van der Waals surface area contributed by atoms with E-state index in [4.69, 9.17) is 0 Å². The molecule has 0 atom stereocenters. The van der Waals surface area contributed by atoms with Gasteiger partial charge in [-0.2, -0.15) is 5.10 Å². The van der Waals surface area contributed by atoms with Gasteiger partial charge >= 0.3 is 6.03 Å². The highest BCUT2D eigenvalue weighted by Gasteiger charge is 2.33. The van der Waals surface area contributed by atoms with E-state index in [1.54, 1.807) is 11.3 Å². The lowest BCUT2D eigenvalue weighted by Crippen LogP contribution is -2.41. The van der Waals surface area contributed by atoms with Crippen LogP contribution in [0.4, 0.5) is 4.79 Å². The summed E-state index contributed by atoms with van der Waals surface area (Å²) in [5.74, 6) is 0. The third-order valence-corrected chi connectivity index (χ3v) is 6.06. The van der Waals surface area contributed by atoms with Crippen molar-refractivity contribution < 1.29 is 4.79 Å². The van der Waals surface area contributed by atoms with Crippen molar-refractivity contribution in [3.63, 3.8) is 0 Å². The quantitative estimate of drug-likeness (QED) is 0.860. The molecule has 0 aromatic carbocycles. The Bertz CT molecular complexity index is 755. The van der Waals surface area contributed by atoms with Crippen LogP contribution in [-0.4, -0.2) is 38.3 Å². The molecule has 1 N–H and O–H groups in total. The molecule has 3 rings (SSSR count). The average molecular weight is 362 g/mol. The highest BCUT2D eigenvalue weighted by Crippen LogP contribution is 2.29. The van der Waals surface area contributed by atoms with Crippen LogP contribution in [-0.2, 0) is 20.0 Å². The van der Waals surface area contributed by atoms with Crippen molar-refractivity contribution in [2.75, 3.05) is 6.54 Å². The van der Waals surface area contributed by atoms with Gasteiger partial charge in [-0.3, -0.25) is 4.68 Å². The van der Waals surface area contributed by atoms with Gasteiger partial charge < -0.3 is 10.2 Å². The molecular weight excluding hydrogens is 334 g/mol. The molecule has 0 bridgehead atoms. The number of aromatic nitrogens is 3. The van der Waals surface area contributed by atoms with Crippen LogP contribution in [0.25, 0.3) is 0 Å². The number of hydrogen-bond donors (Lipinski definition) is 1. The van der Waals surface area contributed by atoms with Gasteiger partial charge in [-0.05, 0) is 40.5 Å². The number of thiazole rings is 1. The van der Waals surface area contributed by atoms with E-state index in [-0.39, 0.29) is 6.03 Å². The van der Waals surface area contributed by atoms with Crippen LogP contribution < -0.4 is 5.32 Å². The first-order valence-electron chi connectivity index (χ1n) is 8.83. The van der Waals surface area contributed by atoms with Gasteiger partial charge in [0.05, 0.1) is 22.9 Å². The van der Waals surface area contributed by atoms with E-state index in [1.807, 2.05) is 30.5 Å². The van der Waals surface area contributed by atoms with Crippen LogP contribution in [0, 0.1) is 27.7 Å². The number of nitrogens with zero attached hydrogens (tertiary/aromatic N) is 4. The first-order chi connectivity index (χ1) is 11.9. The van der Waals surface area contributed by atoms with Crippen LogP contribution in [0.5, 0.6) is 0 Å². The van der Waals surface area contributed by atoms with Crippen molar-refractivity contribution >= 4 is 17.4 Å². The fraction of sp³-hybridized carbons (Fsp3) is 0.611. The molecule has 1 aliphatic carbocycles. The van der Waals surface area contributed by atoms with Crippen LogP contribution in [0.2, 0.25) is 0 Å². The summed E-state index contributed by atoms with van der Waals surface area (Å²) >= 11 is 1.72. The van der Waals surface area contributed by atoms with Crippen molar-refractivity contribution in [2.45, 2.75) is 59.5 Å². The van der Waals surface area contributed by atoms with Gasteiger partial charge in [0.1, 0.15) is 0 Å². The molecule has 0 spiro atoms. The third-order valence-electron chi connectivity index (χ3n) is 4.92. The fourth-order valence-corrected chi connectivity index (χ4v) is 3.93. The zero-order chi connectivity index (χ0) is 18.1. The summed E-state index contributed by atoms with van der Waals surface area (Å²) in [7, 11) is 1.95. The summed E-state index contributed by atoms with van der Waals surface area (Å²) in [5, 5.41) is 8.63. The predicted molar refractivity (Wildman–Crippen MR) is 99.9 cm³/mol. The molecule has 0 unspecified atom stereocenters. The summed E-state index contributed by atoms with van der Waals surface area (Å²) in [6.07, 6.45) is 2.97. The summed E-state index contributed by atoms with van der Waals surface area (Å²) in [5.41, 5.74) is 4.39. The molecule has 1 aliphatic rings. The van der Waals surface area contributed by atoms with Crippen LogP contribution in [0.15, 0.2) is 0 Å². The Morgan fingerprint density at radius 3 is 2.52 bits per heavy atom. The van der Waals surface area contributed by atoms with Crippen LogP contribution in [0.1, 0.15) is 45.4 Å². The zero-order valence-electron chi connectivity index (χ0n) is 15.7.